The minimum atomic E-state index is -0.535. The molecule has 0 unspecified atom stereocenters. The van der Waals surface area contributed by atoms with Gasteiger partial charge in [0.2, 0.25) is 5.43 Å². The summed E-state index contributed by atoms with van der Waals surface area (Å²) in [4.78, 5) is 31.9. The smallest absolute Gasteiger partial charge is 0.280 e. The third-order valence-electron chi connectivity index (χ3n) is 2.61. The largest absolute Gasteiger partial charge is 0.360 e. The van der Waals surface area contributed by atoms with Gasteiger partial charge in [-0.15, -0.1) is 0 Å². The number of hydrogen-bond donors (Lipinski definition) is 2. The molecule has 0 radical (unpaired) electrons. The number of nitrogens with one attached hydrogen (secondary N) is 2. The Morgan fingerprint density at radius 1 is 1.37 bits per heavy atom. The number of pyridine rings is 1. The van der Waals surface area contributed by atoms with Crippen molar-refractivity contribution in [3.8, 4) is 0 Å². The third-order valence-corrected chi connectivity index (χ3v) is 2.61. The molecule has 0 aliphatic heterocycles. The summed E-state index contributed by atoms with van der Waals surface area (Å²) in [6.07, 6.45) is 1.40. The van der Waals surface area contributed by atoms with Gasteiger partial charge in [0.05, 0.1) is 6.61 Å². The molecule has 0 fully saturated rings. The van der Waals surface area contributed by atoms with Gasteiger partial charge >= 0.3 is 0 Å². The van der Waals surface area contributed by atoms with Crippen LogP contribution in [0, 0.1) is 5.92 Å². The Hall–Kier alpha value is -2.14. The van der Waals surface area contributed by atoms with Crippen molar-refractivity contribution in [2.24, 2.45) is 5.92 Å². The van der Waals surface area contributed by atoms with E-state index >= 15 is 0 Å². The molecule has 0 bridgehead atoms. The number of aromatic amines is 1. The number of carbonyl (C=O) groups is 1. The molecule has 0 saturated heterocycles. The second-order valence-corrected chi connectivity index (χ2v) is 4.71. The maximum atomic E-state index is 12.1. The van der Waals surface area contributed by atoms with Gasteiger partial charge in [-0.3, -0.25) is 14.4 Å². The monoisotopic (exact) mass is 260 g/mol. The highest BCUT2D eigenvalue weighted by molar-refractivity contribution is 5.96. The van der Waals surface area contributed by atoms with Crippen LogP contribution in [0.1, 0.15) is 24.2 Å². The number of hydrogen-bond acceptors (Lipinski definition) is 3. The van der Waals surface area contributed by atoms with Gasteiger partial charge in [-0.25, -0.2) is 5.48 Å². The third kappa shape index (κ3) is 3.00. The molecule has 2 rings (SSSR count). The highest BCUT2D eigenvalue weighted by Crippen LogP contribution is 2.06. The van der Waals surface area contributed by atoms with Crippen LogP contribution in [0.3, 0.4) is 0 Å². The summed E-state index contributed by atoms with van der Waals surface area (Å²) in [7, 11) is 0. The lowest BCUT2D eigenvalue weighted by molar-refractivity contribution is 0.0207. The number of para-hydroxylation sites is 1. The quantitative estimate of drug-likeness (QED) is 0.824. The molecule has 2 N–H and O–H groups in total. The molecule has 19 heavy (non-hydrogen) atoms. The van der Waals surface area contributed by atoms with Crippen LogP contribution in [0.25, 0.3) is 10.9 Å². The predicted octanol–water partition coefficient (Wildman–Crippen LogP) is 1.85. The summed E-state index contributed by atoms with van der Waals surface area (Å²) in [6.45, 7) is 4.33. The topological polar surface area (TPSA) is 71.2 Å². The molecule has 5 heteroatoms. The van der Waals surface area contributed by atoms with Gasteiger partial charge < -0.3 is 4.98 Å². The minimum Gasteiger partial charge on any atom is -0.360 e. The summed E-state index contributed by atoms with van der Waals surface area (Å²) in [5.74, 6) is -0.233. The van der Waals surface area contributed by atoms with Crippen LogP contribution in [-0.4, -0.2) is 17.5 Å². The summed E-state index contributed by atoms with van der Waals surface area (Å²) in [5.41, 5.74) is 2.72. The fraction of sp³-hybridized carbons (Fsp3) is 0.286. The first kappa shape index (κ1) is 13.3. The average molecular weight is 260 g/mol. The molecule has 100 valence electrons. The Kier molecular flexibility index (Phi) is 3.97. The number of aromatic nitrogens is 1. The Morgan fingerprint density at radius 2 is 2.11 bits per heavy atom. The molecule has 0 atom stereocenters. The standard InChI is InChI=1S/C14H16N2O3/c1-9(2)8-19-16-14(18)11-7-15-12-6-4-3-5-10(12)13(11)17/h3-7,9H,8H2,1-2H3,(H,15,17)(H,16,18). The van der Waals surface area contributed by atoms with E-state index in [0.29, 0.717) is 23.4 Å². The van der Waals surface area contributed by atoms with E-state index in [1.165, 1.54) is 6.20 Å². The zero-order chi connectivity index (χ0) is 13.8. The number of amides is 1. The molecular weight excluding hydrogens is 244 g/mol. The van der Waals surface area contributed by atoms with Crippen LogP contribution in [0.4, 0.5) is 0 Å². The zero-order valence-corrected chi connectivity index (χ0v) is 10.9. The summed E-state index contributed by atoms with van der Waals surface area (Å²) in [6, 6.07) is 7.05. The number of benzene rings is 1. The van der Waals surface area contributed by atoms with Crippen LogP contribution < -0.4 is 10.9 Å². The number of fused-ring (bicyclic) bond motifs is 1. The second-order valence-electron chi connectivity index (χ2n) is 4.71. The predicted molar refractivity (Wildman–Crippen MR) is 72.8 cm³/mol. The van der Waals surface area contributed by atoms with E-state index in [1.54, 1.807) is 18.2 Å². The van der Waals surface area contributed by atoms with E-state index < -0.39 is 5.91 Å². The lowest BCUT2D eigenvalue weighted by Crippen LogP contribution is -2.30. The van der Waals surface area contributed by atoms with Crippen molar-refractivity contribution < 1.29 is 9.63 Å². The van der Waals surface area contributed by atoms with Crippen molar-refractivity contribution in [1.29, 1.82) is 0 Å². The van der Waals surface area contributed by atoms with E-state index in [0.717, 1.165) is 0 Å². The van der Waals surface area contributed by atoms with Crippen molar-refractivity contribution in [2.45, 2.75) is 13.8 Å². The lowest BCUT2D eigenvalue weighted by atomic mass is 10.1. The highest BCUT2D eigenvalue weighted by atomic mass is 16.6. The summed E-state index contributed by atoms with van der Waals surface area (Å²) < 4.78 is 0. The molecular formula is C14H16N2O3. The first-order valence-corrected chi connectivity index (χ1v) is 6.12. The molecule has 0 saturated carbocycles. The second kappa shape index (κ2) is 5.67. The van der Waals surface area contributed by atoms with Crippen LogP contribution in [0.15, 0.2) is 35.3 Å². The Balaban J connectivity index is 2.23. The molecule has 5 nitrogen and oxygen atoms in total. The van der Waals surface area contributed by atoms with E-state index in [-0.39, 0.29) is 11.0 Å². The fourth-order valence-corrected chi connectivity index (χ4v) is 1.67. The Labute approximate surface area is 110 Å². The van der Waals surface area contributed by atoms with Crippen molar-refractivity contribution in [3.63, 3.8) is 0 Å². The van der Waals surface area contributed by atoms with Crippen molar-refractivity contribution in [3.05, 3.63) is 46.2 Å². The number of rotatable bonds is 4. The molecule has 0 spiro atoms. The van der Waals surface area contributed by atoms with Crippen molar-refractivity contribution >= 4 is 16.8 Å². The van der Waals surface area contributed by atoms with Crippen molar-refractivity contribution in [1.82, 2.24) is 10.5 Å². The normalized spacial score (nSPS) is 10.9. The van der Waals surface area contributed by atoms with E-state index in [9.17, 15) is 9.59 Å². The van der Waals surface area contributed by atoms with Crippen LogP contribution >= 0.6 is 0 Å². The average Bonchev–Trinajstić information content (AvgIpc) is 2.39. The van der Waals surface area contributed by atoms with Gasteiger partial charge in [-0.05, 0) is 18.1 Å². The van der Waals surface area contributed by atoms with Gasteiger partial charge in [0.1, 0.15) is 5.56 Å². The first-order chi connectivity index (χ1) is 9.09. The lowest BCUT2D eigenvalue weighted by Gasteiger charge is -2.07. The molecule has 0 aliphatic carbocycles. The number of carbonyl (C=O) groups excluding carboxylic acids is 1. The van der Waals surface area contributed by atoms with E-state index in [4.69, 9.17) is 4.84 Å². The zero-order valence-electron chi connectivity index (χ0n) is 10.9. The molecule has 2 aromatic rings. The van der Waals surface area contributed by atoms with Gasteiger partial charge in [0.25, 0.3) is 5.91 Å². The maximum absolute atomic E-state index is 12.1. The molecule has 1 heterocycles. The first-order valence-electron chi connectivity index (χ1n) is 6.12. The van der Waals surface area contributed by atoms with Crippen molar-refractivity contribution in [2.75, 3.05) is 6.61 Å². The van der Waals surface area contributed by atoms with Crippen LogP contribution in [0.5, 0.6) is 0 Å². The molecule has 1 amide bonds. The number of H-pyrrole nitrogens is 1. The fourth-order valence-electron chi connectivity index (χ4n) is 1.67. The van der Waals surface area contributed by atoms with Gasteiger partial charge in [-0.2, -0.15) is 0 Å². The number of hydroxylamine groups is 1. The van der Waals surface area contributed by atoms with Gasteiger partial charge in [-0.1, -0.05) is 26.0 Å². The SMILES string of the molecule is CC(C)CONC(=O)c1c[nH]c2ccccc2c1=O. The maximum Gasteiger partial charge on any atom is 0.280 e. The molecule has 1 aromatic carbocycles. The Morgan fingerprint density at radius 3 is 2.84 bits per heavy atom. The summed E-state index contributed by atoms with van der Waals surface area (Å²) in [5, 5.41) is 0.485. The molecule has 0 aliphatic rings. The Bertz CT molecular complexity index is 646. The van der Waals surface area contributed by atoms with E-state index in [1.807, 2.05) is 19.9 Å². The van der Waals surface area contributed by atoms with Gasteiger partial charge in [0, 0.05) is 17.1 Å². The minimum absolute atomic E-state index is 0.0439. The highest BCUT2D eigenvalue weighted by Gasteiger charge is 2.12. The van der Waals surface area contributed by atoms with Gasteiger partial charge in [0.15, 0.2) is 0 Å². The van der Waals surface area contributed by atoms with Crippen LogP contribution in [-0.2, 0) is 4.84 Å². The van der Waals surface area contributed by atoms with E-state index in [2.05, 4.69) is 10.5 Å². The van der Waals surface area contributed by atoms with Crippen LogP contribution in [0.2, 0.25) is 0 Å². The summed E-state index contributed by atoms with van der Waals surface area (Å²) >= 11 is 0. The molecule has 1 aromatic heterocycles.